The van der Waals surface area contributed by atoms with Crippen molar-refractivity contribution in [2.45, 2.75) is 44.9 Å². The number of carbonyl (C=O) groups is 1. The van der Waals surface area contributed by atoms with Gasteiger partial charge in [0.2, 0.25) is 5.88 Å². The molecule has 1 aromatic heterocycles. The molecule has 0 aliphatic carbocycles. The number of nitrogens with one attached hydrogen (secondary N) is 1. The number of carboxylic acid groups (broad SMARTS) is 1. The summed E-state index contributed by atoms with van der Waals surface area (Å²) in [5.74, 6) is 1.15. The van der Waals surface area contributed by atoms with Gasteiger partial charge in [-0.25, -0.2) is 4.79 Å². The lowest BCUT2D eigenvalue weighted by atomic mass is 9.99. The smallest absolute Gasteiger partial charge is 0.493 e. The number of fused-ring (bicyclic) bond motifs is 2. The summed E-state index contributed by atoms with van der Waals surface area (Å²) < 4.78 is 11.4. The van der Waals surface area contributed by atoms with E-state index in [-0.39, 0.29) is 0 Å². The number of aryl methyl sites for hydroxylation is 5. The summed E-state index contributed by atoms with van der Waals surface area (Å²) in [6.07, 6.45) is 5.05. The summed E-state index contributed by atoms with van der Waals surface area (Å²) in [4.78, 5) is 14.8. The van der Waals surface area contributed by atoms with E-state index in [0.717, 1.165) is 70.7 Å². The van der Waals surface area contributed by atoms with E-state index in [0.29, 0.717) is 25.3 Å². The molecule has 0 saturated heterocycles. The molecule has 0 spiro atoms. The van der Waals surface area contributed by atoms with Crippen molar-refractivity contribution in [1.29, 1.82) is 0 Å². The van der Waals surface area contributed by atoms with Crippen molar-refractivity contribution in [3.05, 3.63) is 143 Å². The fourth-order valence-corrected chi connectivity index (χ4v) is 5.99. The molecule has 0 atom stereocenters. The third-order valence-corrected chi connectivity index (χ3v) is 8.24. The van der Waals surface area contributed by atoms with Gasteiger partial charge in [0.15, 0.2) is 0 Å². The molecule has 0 aliphatic rings. The Morgan fingerprint density at radius 2 is 1.27 bits per heavy atom. The summed E-state index contributed by atoms with van der Waals surface area (Å²) in [5.41, 5.74) is 6.98. The number of aromatic amines is 1. The predicted octanol–water partition coefficient (Wildman–Crippen LogP) is 9.35. The molecule has 5 nitrogen and oxygen atoms in total. The van der Waals surface area contributed by atoms with Crippen LogP contribution in [0.2, 0.25) is 0 Å². The van der Waals surface area contributed by atoms with Crippen molar-refractivity contribution in [3.8, 4) is 11.6 Å². The van der Waals surface area contributed by atoms with Crippen LogP contribution in [0.15, 0.2) is 115 Å². The molecule has 1 heterocycles. The van der Waals surface area contributed by atoms with E-state index in [9.17, 15) is 9.90 Å². The molecule has 222 valence electrons. The maximum absolute atomic E-state index is 11.5. The van der Waals surface area contributed by atoms with E-state index in [2.05, 4.69) is 83.8 Å². The van der Waals surface area contributed by atoms with Crippen LogP contribution in [0.3, 0.4) is 0 Å². The Morgan fingerprint density at radius 3 is 2.07 bits per heavy atom. The van der Waals surface area contributed by atoms with E-state index >= 15 is 0 Å². The number of rotatable bonds is 13. The van der Waals surface area contributed by atoms with Crippen molar-refractivity contribution in [2.24, 2.45) is 0 Å². The average molecular weight is 584 g/mol. The molecule has 6 rings (SSSR count). The Kier molecular flexibility index (Phi) is 9.22. The summed E-state index contributed by atoms with van der Waals surface area (Å²) >= 11 is 0. The first-order valence-corrected chi connectivity index (χ1v) is 15.4. The zero-order valence-electron chi connectivity index (χ0n) is 24.8. The lowest BCUT2D eigenvalue weighted by molar-refractivity contribution is 0.142. The normalized spacial score (nSPS) is 11.2. The molecule has 0 amide bonds. The fraction of sp³-hybridized carbons (Fsp3) is 0.205. The lowest BCUT2D eigenvalue weighted by Gasteiger charge is -2.10. The van der Waals surface area contributed by atoms with Crippen molar-refractivity contribution in [3.63, 3.8) is 0 Å². The second-order valence-electron chi connectivity index (χ2n) is 11.2. The number of ether oxygens (including phenoxy) is 2. The molecule has 0 radical (unpaired) electrons. The molecule has 2 N–H and O–H groups in total. The zero-order chi connectivity index (χ0) is 30.1. The lowest BCUT2D eigenvalue weighted by Crippen LogP contribution is -2.06. The summed E-state index contributed by atoms with van der Waals surface area (Å²) in [7, 11) is 0. The van der Waals surface area contributed by atoms with Gasteiger partial charge in [0, 0.05) is 16.3 Å². The largest absolute Gasteiger partial charge is 0.512 e. The third kappa shape index (κ3) is 7.12. The van der Waals surface area contributed by atoms with Gasteiger partial charge in [0.05, 0.1) is 12.1 Å². The molecular formula is C39H37NO4. The Balaban J connectivity index is 1.09. The van der Waals surface area contributed by atoms with Crippen LogP contribution in [-0.2, 0) is 32.1 Å². The highest BCUT2D eigenvalue weighted by atomic mass is 16.7. The maximum atomic E-state index is 11.5. The second-order valence-corrected chi connectivity index (χ2v) is 11.2. The number of aromatic nitrogens is 1. The van der Waals surface area contributed by atoms with E-state index < -0.39 is 6.16 Å². The minimum atomic E-state index is -1.32. The van der Waals surface area contributed by atoms with Crippen molar-refractivity contribution < 1.29 is 19.4 Å². The van der Waals surface area contributed by atoms with Gasteiger partial charge in [-0.2, -0.15) is 0 Å². The van der Waals surface area contributed by atoms with Crippen molar-refractivity contribution in [2.75, 3.05) is 6.61 Å². The average Bonchev–Trinajstić information content (AvgIpc) is 3.40. The first-order valence-electron chi connectivity index (χ1n) is 15.4. The van der Waals surface area contributed by atoms with Gasteiger partial charge < -0.3 is 19.6 Å². The monoisotopic (exact) mass is 583 g/mol. The Morgan fingerprint density at radius 1 is 0.614 bits per heavy atom. The Bertz CT molecular complexity index is 1830. The highest BCUT2D eigenvalue weighted by molar-refractivity contribution is 5.89. The topological polar surface area (TPSA) is 71.5 Å². The molecule has 5 aromatic carbocycles. The maximum Gasteiger partial charge on any atom is 0.512 e. The molecule has 6 aromatic rings. The summed E-state index contributed by atoms with van der Waals surface area (Å²) in [6, 6.07) is 40.0. The SMILES string of the molecule is O=C(O)Oc1[nH]c2c(CCc3ccc(CCCc4ccccc4)cc3)cccc2c1CCCOc1cccc2ccccc12. The first-order chi connectivity index (χ1) is 21.6. The van der Waals surface area contributed by atoms with Gasteiger partial charge in [-0.3, -0.25) is 0 Å². The van der Waals surface area contributed by atoms with Gasteiger partial charge in [0.25, 0.3) is 0 Å². The third-order valence-electron chi connectivity index (χ3n) is 8.24. The van der Waals surface area contributed by atoms with Crippen LogP contribution in [0.5, 0.6) is 11.6 Å². The van der Waals surface area contributed by atoms with Crippen LogP contribution in [0.1, 0.15) is 40.7 Å². The number of para-hydroxylation sites is 1. The van der Waals surface area contributed by atoms with Gasteiger partial charge in [-0.1, -0.05) is 109 Å². The van der Waals surface area contributed by atoms with Crippen molar-refractivity contribution in [1.82, 2.24) is 4.98 Å². The van der Waals surface area contributed by atoms with E-state index in [1.54, 1.807) is 0 Å². The van der Waals surface area contributed by atoms with E-state index in [1.807, 2.05) is 36.4 Å². The molecule has 0 aliphatic heterocycles. The first kappa shape index (κ1) is 29.1. The minimum Gasteiger partial charge on any atom is -0.493 e. The Labute approximate surface area is 258 Å². The fourth-order valence-electron chi connectivity index (χ4n) is 5.99. The number of benzene rings is 5. The van der Waals surface area contributed by atoms with Crippen LogP contribution in [0.25, 0.3) is 21.7 Å². The van der Waals surface area contributed by atoms with Gasteiger partial charge in [0.1, 0.15) is 5.75 Å². The van der Waals surface area contributed by atoms with Gasteiger partial charge in [-0.15, -0.1) is 0 Å². The number of H-pyrrole nitrogens is 1. The Hall–Kier alpha value is -5.03. The van der Waals surface area contributed by atoms with Crippen LogP contribution in [0.4, 0.5) is 4.79 Å². The molecule has 5 heteroatoms. The van der Waals surface area contributed by atoms with Crippen molar-refractivity contribution >= 4 is 27.8 Å². The molecule has 0 unspecified atom stereocenters. The highest BCUT2D eigenvalue weighted by Gasteiger charge is 2.17. The number of hydrogen-bond donors (Lipinski definition) is 2. The standard InChI is InChI=1S/C39H37NO4/c41-39(42)44-38-35(19-9-27-43-36-20-8-15-31-14-4-5-17-33(31)36)34-18-7-16-32(37(34)40-38)26-25-30-23-21-29(22-24-30)13-6-12-28-10-2-1-3-11-28/h1-5,7-8,10-11,14-18,20-24,40H,6,9,12-13,19,25-27H2,(H,41,42). The molecule has 44 heavy (non-hydrogen) atoms. The second kappa shape index (κ2) is 14.0. The molecule has 0 bridgehead atoms. The van der Waals surface area contributed by atoms with Gasteiger partial charge >= 0.3 is 6.16 Å². The minimum absolute atomic E-state index is 0.296. The van der Waals surface area contributed by atoms with E-state index in [4.69, 9.17) is 9.47 Å². The zero-order valence-corrected chi connectivity index (χ0v) is 24.8. The van der Waals surface area contributed by atoms with Crippen LogP contribution < -0.4 is 9.47 Å². The quantitative estimate of drug-likeness (QED) is 0.105. The van der Waals surface area contributed by atoms with Gasteiger partial charge in [-0.05, 0) is 78.7 Å². The predicted molar refractivity (Wildman–Crippen MR) is 177 cm³/mol. The number of hydrogen-bond acceptors (Lipinski definition) is 3. The molecular weight excluding hydrogens is 546 g/mol. The molecule has 0 saturated carbocycles. The molecule has 0 fully saturated rings. The highest BCUT2D eigenvalue weighted by Crippen LogP contribution is 2.32. The summed E-state index contributed by atoms with van der Waals surface area (Å²) in [6.45, 7) is 0.509. The summed E-state index contributed by atoms with van der Waals surface area (Å²) in [5, 5.41) is 12.6. The van der Waals surface area contributed by atoms with Crippen LogP contribution in [0, 0.1) is 0 Å². The van der Waals surface area contributed by atoms with Crippen LogP contribution in [-0.4, -0.2) is 22.9 Å². The van der Waals surface area contributed by atoms with Crippen LogP contribution >= 0.6 is 0 Å². The van der Waals surface area contributed by atoms with E-state index in [1.165, 1.54) is 16.7 Å².